The van der Waals surface area contributed by atoms with Crippen LogP contribution in [0.3, 0.4) is 0 Å². The Morgan fingerprint density at radius 2 is 2.20 bits per heavy atom. The molecule has 1 fully saturated rings. The molecule has 1 aliphatic heterocycles. The summed E-state index contributed by atoms with van der Waals surface area (Å²) in [6.07, 6.45) is 1.16. The molecular weight excluding hydrogens is 258 g/mol. The maximum absolute atomic E-state index is 11.0. The molecule has 0 bridgehead atoms. The fourth-order valence-corrected chi connectivity index (χ4v) is 2.36. The number of rotatable bonds is 5. The Kier molecular flexibility index (Phi) is 4.49. The first kappa shape index (κ1) is 14.7. The number of carbonyl (C=O) groups is 1. The number of likely N-dealkylation sites (N-methyl/N-ethyl adjacent to an activating group) is 1. The van der Waals surface area contributed by atoms with Crippen LogP contribution in [0.5, 0.6) is 11.5 Å². The summed E-state index contributed by atoms with van der Waals surface area (Å²) >= 11 is 0. The molecule has 0 aromatic heterocycles. The number of aliphatic carboxylic acids is 1. The first-order valence-electron chi connectivity index (χ1n) is 6.77. The molecule has 0 radical (unpaired) electrons. The Morgan fingerprint density at radius 1 is 1.45 bits per heavy atom. The van der Waals surface area contributed by atoms with Gasteiger partial charge in [0.2, 0.25) is 0 Å². The first-order valence-corrected chi connectivity index (χ1v) is 6.77. The topological polar surface area (TPSA) is 59.0 Å². The van der Waals surface area contributed by atoms with Gasteiger partial charge in [-0.25, -0.2) is 0 Å². The van der Waals surface area contributed by atoms with E-state index in [1.807, 2.05) is 0 Å². The Bertz CT molecular complexity index is 489. The van der Waals surface area contributed by atoms with Crippen LogP contribution in [0.25, 0.3) is 0 Å². The fraction of sp³-hybridized carbons (Fsp3) is 0.533. The molecule has 1 aliphatic rings. The number of hydrogen-bond acceptors (Lipinski definition) is 4. The van der Waals surface area contributed by atoms with Crippen LogP contribution in [0.2, 0.25) is 0 Å². The highest BCUT2D eigenvalue weighted by Gasteiger charge is 2.23. The summed E-state index contributed by atoms with van der Waals surface area (Å²) in [5.41, 5.74) is 0.713. The molecule has 0 spiro atoms. The monoisotopic (exact) mass is 279 g/mol. The summed E-state index contributed by atoms with van der Waals surface area (Å²) in [7, 11) is 3.64. The molecule has 2 atom stereocenters. The lowest BCUT2D eigenvalue weighted by atomic mass is 10.0. The Hall–Kier alpha value is -1.75. The maximum atomic E-state index is 11.0. The molecule has 1 heterocycles. The molecule has 2 unspecified atom stereocenters. The van der Waals surface area contributed by atoms with Crippen molar-refractivity contribution in [3.05, 3.63) is 23.8 Å². The third-order valence-electron chi connectivity index (χ3n) is 3.70. The normalized spacial score (nSPS) is 20.6. The predicted molar refractivity (Wildman–Crippen MR) is 75.6 cm³/mol. The summed E-state index contributed by atoms with van der Waals surface area (Å²) in [5, 5.41) is 9.05. The van der Waals surface area contributed by atoms with Gasteiger partial charge in [0.25, 0.3) is 0 Å². The van der Waals surface area contributed by atoms with E-state index in [0.29, 0.717) is 17.1 Å². The molecule has 1 aromatic rings. The third kappa shape index (κ3) is 3.22. The average Bonchev–Trinajstić information content (AvgIpc) is 2.83. The zero-order valence-electron chi connectivity index (χ0n) is 12.1. The van der Waals surface area contributed by atoms with Crippen LogP contribution in [0.1, 0.15) is 24.8 Å². The van der Waals surface area contributed by atoms with E-state index in [4.69, 9.17) is 14.6 Å². The van der Waals surface area contributed by atoms with E-state index in [0.717, 1.165) is 19.5 Å². The second-order valence-electron chi connectivity index (χ2n) is 5.26. The summed E-state index contributed by atoms with van der Waals surface area (Å²) in [6, 6.07) is 5.33. The minimum Gasteiger partial charge on any atom is -0.493 e. The summed E-state index contributed by atoms with van der Waals surface area (Å²) in [4.78, 5) is 13.2. The number of methoxy groups -OCH3 is 1. The van der Waals surface area contributed by atoms with E-state index < -0.39 is 11.9 Å². The summed E-state index contributed by atoms with van der Waals surface area (Å²) < 4.78 is 11.3. The van der Waals surface area contributed by atoms with Crippen LogP contribution < -0.4 is 9.47 Å². The van der Waals surface area contributed by atoms with Crippen molar-refractivity contribution < 1.29 is 19.4 Å². The van der Waals surface area contributed by atoms with Crippen molar-refractivity contribution in [1.29, 1.82) is 0 Å². The van der Waals surface area contributed by atoms with Gasteiger partial charge in [0.15, 0.2) is 11.5 Å². The van der Waals surface area contributed by atoms with Gasteiger partial charge in [-0.15, -0.1) is 0 Å². The van der Waals surface area contributed by atoms with Gasteiger partial charge < -0.3 is 19.5 Å². The summed E-state index contributed by atoms with van der Waals surface area (Å²) in [6.45, 7) is 3.58. The van der Waals surface area contributed by atoms with Crippen molar-refractivity contribution in [3.8, 4) is 11.5 Å². The van der Waals surface area contributed by atoms with Gasteiger partial charge >= 0.3 is 5.97 Å². The minimum absolute atomic E-state index is 0.164. The molecule has 0 amide bonds. The van der Waals surface area contributed by atoms with Crippen molar-refractivity contribution in [2.24, 2.45) is 0 Å². The zero-order valence-corrected chi connectivity index (χ0v) is 12.1. The van der Waals surface area contributed by atoms with Crippen molar-refractivity contribution >= 4 is 5.97 Å². The second kappa shape index (κ2) is 6.13. The molecule has 5 nitrogen and oxygen atoms in total. The lowest BCUT2D eigenvalue weighted by molar-refractivity contribution is -0.138. The average molecular weight is 279 g/mol. The van der Waals surface area contributed by atoms with Gasteiger partial charge in [-0.3, -0.25) is 4.79 Å². The molecule has 20 heavy (non-hydrogen) atoms. The second-order valence-corrected chi connectivity index (χ2v) is 5.26. The SMILES string of the molecule is COc1cc(C(C)C(=O)O)ccc1OC1CCN(C)C1. The molecule has 0 saturated carbocycles. The molecule has 110 valence electrons. The van der Waals surface area contributed by atoms with E-state index in [1.54, 1.807) is 32.2 Å². The van der Waals surface area contributed by atoms with E-state index in [-0.39, 0.29) is 6.10 Å². The number of nitrogens with zero attached hydrogens (tertiary/aromatic N) is 1. The highest BCUT2D eigenvalue weighted by Crippen LogP contribution is 2.32. The van der Waals surface area contributed by atoms with Gasteiger partial charge in [-0.05, 0) is 38.1 Å². The third-order valence-corrected chi connectivity index (χ3v) is 3.70. The smallest absolute Gasteiger partial charge is 0.310 e. The van der Waals surface area contributed by atoms with Gasteiger partial charge in [0.05, 0.1) is 13.0 Å². The first-order chi connectivity index (χ1) is 9.51. The van der Waals surface area contributed by atoms with Crippen LogP contribution in [0.15, 0.2) is 18.2 Å². The highest BCUT2D eigenvalue weighted by atomic mass is 16.5. The summed E-state index contributed by atoms with van der Waals surface area (Å²) in [5.74, 6) is -0.145. The molecule has 5 heteroatoms. The lowest BCUT2D eigenvalue weighted by Crippen LogP contribution is -2.21. The predicted octanol–water partition coefficient (Wildman–Crippen LogP) is 1.97. The van der Waals surface area contributed by atoms with Crippen molar-refractivity contribution in [2.45, 2.75) is 25.4 Å². The van der Waals surface area contributed by atoms with E-state index in [1.165, 1.54) is 0 Å². The standard InChI is InChI=1S/C15H21NO4/c1-10(15(17)18)11-4-5-13(14(8-11)19-3)20-12-6-7-16(2)9-12/h4-5,8,10,12H,6-7,9H2,1-3H3,(H,17,18). The number of likely N-dealkylation sites (tertiary alicyclic amines) is 1. The molecule has 0 aliphatic carbocycles. The van der Waals surface area contributed by atoms with Gasteiger partial charge in [-0.1, -0.05) is 6.07 Å². The van der Waals surface area contributed by atoms with Gasteiger partial charge in [-0.2, -0.15) is 0 Å². The van der Waals surface area contributed by atoms with Crippen LogP contribution in [0, 0.1) is 0 Å². The van der Waals surface area contributed by atoms with Crippen LogP contribution in [-0.2, 0) is 4.79 Å². The van der Waals surface area contributed by atoms with E-state index in [2.05, 4.69) is 11.9 Å². The van der Waals surface area contributed by atoms with Crippen LogP contribution >= 0.6 is 0 Å². The zero-order chi connectivity index (χ0) is 14.7. The fourth-order valence-electron chi connectivity index (χ4n) is 2.36. The van der Waals surface area contributed by atoms with Crippen molar-refractivity contribution in [2.75, 3.05) is 27.2 Å². The molecule has 1 saturated heterocycles. The van der Waals surface area contributed by atoms with E-state index in [9.17, 15) is 4.79 Å². The van der Waals surface area contributed by atoms with Crippen LogP contribution in [-0.4, -0.2) is 49.3 Å². The molecule has 2 rings (SSSR count). The van der Waals surface area contributed by atoms with E-state index >= 15 is 0 Å². The number of hydrogen-bond donors (Lipinski definition) is 1. The van der Waals surface area contributed by atoms with Crippen LogP contribution in [0.4, 0.5) is 0 Å². The van der Waals surface area contributed by atoms with Gasteiger partial charge in [0.1, 0.15) is 6.10 Å². The Morgan fingerprint density at radius 3 is 2.75 bits per heavy atom. The van der Waals surface area contributed by atoms with Crippen molar-refractivity contribution in [3.63, 3.8) is 0 Å². The number of ether oxygens (including phenoxy) is 2. The molecular formula is C15H21NO4. The largest absolute Gasteiger partial charge is 0.493 e. The van der Waals surface area contributed by atoms with Crippen molar-refractivity contribution in [1.82, 2.24) is 4.90 Å². The number of carboxylic acids is 1. The highest BCUT2D eigenvalue weighted by molar-refractivity contribution is 5.75. The quantitative estimate of drug-likeness (QED) is 0.893. The molecule has 1 aromatic carbocycles. The number of carboxylic acid groups (broad SMARTS) is 1. The maximum Gasteiger partial charge on any atom is 0.310 e. The molecule has 1 N–H and O–H groups in total. The minimum atomic E-state index is -0.849. The number of benzene rings is 1. The van der Waals surface area contributed by atoms with Gasteiger partial charge in [0, 0.05) is 13.1 Å². The lowest BCUT2D eigenvalue weighted by Gasteiger charge is -2.17. The Balaban J connectivity index is 2.15. The Labute approximate surface area is 119 Å².